The van der Waals surface area contributed by atoms with Gasteiger partial charge in [0.25, 0.3) is 0 Å². The highest BCUT2D eigenvalue weighted by molar-refractivity contribution is 6.45. The van der Waals surface area contributed by atoms with Crippen LogP contribution in [0.25, 0.3) is 0 Å². The van der Waals surface area contributed by atoms with E-state index in [1.165, 1.54) is 0 Å². The van der Waals surface area contributed by atoms with Crippen molar-refractivity contribution >= 4 is 19.2 Å². The standard InChI is InChI=1S/C24H35BN2O6/c1-22(2)23(3,4)33-25(32-22)13-8-11-24-12-14-26(15-17-9-6-5-7-10-17)18(24)16-27(21(30)31)19(24)20(28)29/h5-7,9-10,18-19H,8,11-16H2,1-4H3,(H,28,29)(H,30,31)/t18-,19+,24-/m0/s1. The number of carboxylic acids is 1. The molecule has 0 bridgehead atoms. The monoisotopic (exact) mass is 458 g/mol. The zero-order chi connectivity index (χ0) is 24.0. The van der Waals surface area contributed by atoms with Crippen molar-refractivity contribution in [1.29, 1.82) is 0 Å². The fraction of sp³-hybridized carbons (Fsp3) is 0.667. The second-order valence-electron chi connectivity index (χ2n) is 10.7. The lowest BCUT2D eigenvalue weighted by molar-refractivity contribution is -0.145. The third-order valence-electron chi connectivity index (χ3n) is 8.29. The highest BCUT2D eigenvalue weighted by atomic mass is 16.7. The molecule has 9 heteroatoms. The van der Waals surface area contributed by atoms with Crippen molar-refractivity contribution < 1.29 is 29.1 Å². The lowest BCUT2D eigenvalue weighted by Gasteiger charge is -2.35. The molecule has 0 saturated carbocycles. The summed E-state index contributed by atoms with van der Waals surface area (Å²) >= 11 is 0. The van der Waals surface area contributed by atoms with Crippen LogP contribution in [0.15, 0.2) is 30.3 Å². The average Bonchev–Trinajstić information content (AvgIpc) is 3.29. The van der Waals surface area contributed by atoms with Gasteiger partial charge in [0, 0.05) is 24.5 Å². The molecule has 2 N–H and O–H groups in total. The van der Waals surface area contributed by atoms with Gasteiger partial charge in [-0.25, -0.2) is 9.59 Å². The summed E-state index contributed by atoms with van der Waals surface area (Å²) < 4.78 is 12.2. The first-order chi connectivity index (χ1) is 15.5. The SMILES string of the molecule is CC1(C)OB(CCC[C@]23CCN(Cc4ccccc4)[C@H]2CN(C(=O)O)[C@@H]3C(=O)O)OC1(C)C. The van der Waals surface area contributed by atoms with E-state index < -0.39 is 34.7 Å². The minimum absolute atomic E-state index is 0.131. The largest absolute Gasteiger partial charge is 0.480 e. The Bertz CT molecular complexity index is 878. The van der Waals surface area contributed by atoms with Crippen LogP contribution in [-0.2, 0) is 20.6 Å². The number of nitrogens with zero attached hydrogens (tertiary/aromatic N) is 2. The number of carboxylic acid groups (broad SMARTS) is 2. The topological polar surface area (TPSA) is 99.5 Å². The molecule has 8 nitrogen and oxygen atoms in total. The van der Waals surface area contributed by atoms with Crippen molar-refractivity contribution in [3.63, 3.8) is 0 Å². The molecule has 3 saturated heterocycles. The molecule has 1 aromatic rings. The third-order valence-corrected chi connectivity index (χ3v) is 8.29. The molecule has 180 valence electrons. The Morgan fingerprint density at radius 2 is 1.73 bits per heavy atom. The Labute approximate surface area is 196 Å². The van der Waals surface area contributed by atoms with Gasteiger partial charge < -0.3 is 19.5 Å². The van der Waals surface area contributed by atoms with Crippen LogP contribution >= 0.6 is 0 Å². The van der Waals surface area contributed by atoms with Gasteiger partial charge in [0.15, 0.2) is 0 Å². The molecule has 0 aromatic heterocycles. The lowest BCUT2D eigenvalue weighted by atomic mass is 9.70. The first-order valence-corrected chi connectivity index (χ1v) is 11.8. The summed E-state index contributed by atoms with van der Waals surface area (Å²) in [6.07, 6.45) is 1.48. The van der Waals surface area contributed by atoms with E-state index in [-0.39, 0.29) is 19.7 Å². The number of amides is 1. The summed E-state index contributed by atoms with van der Waals surface area (Å²) in [5.74, 6) is -1.06. The molecule has 1 aromatic carbocycles. The molecule has 1 amide bonds. The molecule has 0 spiro atoms. The van der Waals surface area contributed by atoms with Crippen molar-refractivity contribution in [1.82, 2.24) is 9.80 Å². The highest BCUT2D eigenvalue weighted by Gasteiger charge is 2.63. The first kappa shape index (κ1) is 24.0. The molecular formula is C24H35BN2O6. The van der Waals surface area contributed by atoms with Crippen LogP contribution in [0.1, 0.15) is 52.5 Å². The Kier molecular flexibility index (Phi) is 6.26. The fourth-order valence-corrected chi connectivity index (χ4v) is 5.94. The van der Waals surface area contributed by atoms with Crippen molar-refractivity contribution in [3.05, 3.63) is 35.9 Å². The molecule has 3 atom stereocenters. The average molecular weight is 458 g/mol. The van der Waals surface area contributed by atoms with Gasteiger partial charge in [0.2, 0.25) is 0 Å². The smallest absolute Gasteiger partial charge is 0.457 e. The van der Waals surface area contributed by atoms with Gasteiger partial charge in [-0.2, -0.15) is 0 Å². The summed E-state index contributed by atoms with van der Waals surface area (Å²) in [6, 6.07) is 8.87. The second kappa shape index (κ2) is 8.60. The number of likely N-dealkylation sites (tertiary alicyclic amines) is 2. The number of carbonyl (C=O) groups is 2. The van der Waals surface area contributed by atoms with Gasteiger partial charge in [-0.15, -0.1) is 0 Å². The van der Waals surface area contributed by atoms with Crippen molar-refractivity contribution in [2.24, 2.45) is 5.41 Å². The molecular weight excluding hydrogens is 423 g/mol. The van der Waals surface area contributed by atoms with Crippen LogP contribution in [0.4, 0.5) is 4.79 Å². The summed E-state index contributed by atoms with van der Waals surface area (Å²) in [4.78, 5) is 27.7. The number of hydrogen-bond donors (Lipinski definition) is 2. The lowest BCUT2D eigenvalue weighted by Crippen LogP contribution is -2.48. The molecule has 0 aliphatic carbocycles. The van der Waals surface area contributed by atoms with Crippen molar-refractivity contribution in [2.75, 3.05) is 13.1 Å². The highest BCUT2D eigenvalue weighted by Crippen LogP contribution is 2.51. The number of benzene rings is 1. The zero-order valence-corrected chi connectivity index (χ0v) is 20.0. The van der Waals surface area contributed by atoms with Gasteiger partial charge in [0.05, 0.1) is 11.2 Å². The van der Waals surface area contributed by atoms with E-state index in [0.29, 0.717) is 32.1 Å². The predicted octanol–water partition coefficient (Wildman–Crippen LogP) is 3.57. The van der Waals surface area contributed by atoms with E-state index in [4.69, 9.17) is 9.31 Å². The third kappa shape index (κ3) is 4.26. The molecule has 3 aliphatic heterocycles. The summed E-state index contributed by atoms with van der Waals surface area (Å²) in [7, 11) is -0.341. The Balaban J connectivity index is 1.52. The van der Waals surface area contributed by atoms with Crippen LogP contribution in [0.2, 0.25) is 6.32 Å². The molecule has 33 heavy (non-hydrogen) atoms. The maximum Gasteiger partial charge on any atom is 0.457 e. The van der Waals surface area contributed by atoms with E-state index in [1.807, 2.05) is 45.9 Å². The Morgan fingerprint density at radius 3 is 2.30 bits per heavy atom. The van der Waals surface area contributed by atoms with E-state index in [2.05, 4.69) is 17.0 Å². The van der Waals surface area contributed by atoms with Gasteiger partial charge >= 0.3 is 19.2 Å². The zero-order valence-electron chi connectivity index (χ0n) is 20.0. The number of aliphatic carboxylic acids is 1. The second-order valence-corrected chi connectivity index (χ2v) is 10.7. The molecule has 0 unspecified atom stereocenters. The molecule has 3 fully saturated rings. The number of fused-ring (bicyclic) bond motifs is 1. The molecule has 4 rings (SSSR count). The Hall–Kier alpha value is -2.10. The van der Waals surface area contributed by atoms with Gasteiger partial charge in [-0.05, 0) is 59.0 Å². The Morgan fingerprint density at radius 1 is 1.09 bits per heavy atom. The van der Waals surface area contributed by atoms with Crippen LogP contribution in [0.5, 0.6) is 0 Å². The summed E-state index contributed by atoms with van der Waals surface area (Å²) in [5, 5.41) is 19.9. The van der Waals surface area contributed by atoms with Gasteiger partial charge in [-0.1, -0.05) is 36.8 Å². The van der Waals surface area contributed by atoms with Gasteiger partial charge in [-0.3, -0.25) is 9.80 Å². The minimum atomic E-state index is -1.17. The van der Waals surface area contributed by atoms with Crippen molar-refractivity contribution in [3.8, 4) is 0 Å². The van der Waals surface area contributed by atoms with Crippen LogP contribution in [0.3, 0.4) is 0 Å². The van der Waals surface area contributed by atoms with Crippen LogP contribution < -0.4 is 0 Å². The quantitative estimate of drug-likeness (QED) is 0.603. The summed E-state index contributed by atoms with van der Waals surface area (Å²) in [6.45, 7) is 9.72. The normalized spacial score (nSPS) is 30.5. The van der Waals surface area contributed by atoms with Crippen LogP contribution in [-0.4, -0.2) is 75.6 Å². The first-order valence-electron chi connectivity index (χ1n) is 11.8. The molecule has 0 radical (unpaired) electrons. The van der Waals surface area contributed by atoms with Crippen molar-refractivity contribution in [2.45, 2.75) is 83.1 Å². The van der Waals surface area contributed by atoms with Gasteiger partial charge in [0.1, 0.15) is 6.04 Å². The molecule has 3 heterocycles. The fourth-order valence-electron chi connectivity index (χ4n) is 5.94. The molecule has 3 aliphatic rings. The number of rotatable bonds is 7. The van der Waals surface area contributed by atoms with E-state index in [9.17, 15) is 19.8 Å². The van der Waals surface area contributed by atoms with E-state index in [0.717, 1.165) is 17.0 Å². The number of hydrogen-bond acceptors (Lipinski definition) is 5. The van der Waals surface area contributed by atoms with E-state index in [1.54, 1.807) is 0 Å². The summed E-state index contributed by atoms with van der Waals surface area (Å²) in [5.41, 5.74) is -0.292. The van der Waals surface area contributed by atoms with E-state index >= 15 is 0 Å². The van der Waals surface area contributed by atoms with Crippen LogP contribution in [0, 0.1) is 5.41 Å². The maximum absolute atomic E-state index is 12.3. The predicted molar refractivity (Wildman–Crippen MR) is 124 cm³/mol. The minimum Gasteiger partial charge on any atom is -0.480 e. The maximum atomic E-state index is 12.3.